The molecule has 4 heteroatoms. The maximum absolute atomic E-state index is 13.1. The van der Waals surface area contributed by atoms with Crippen molar-refractivity contribution in [3.05, 3.63) is 35.6 Å². The SMILES string of the molecule is O=C(NCC(O)C1CCCC1)C1(c2ccc(F)cc2)CCC1. The minimum atomic E-state index is -0.525. The molecular formula is C18H24FNO2. The summed E-state index contributed by atoms with van der Waals surface area (Å²) in [6, 6.07) is 6.25. The molecule has 2 aliphatic rings. The number of halogens is 1. The van der Waals surface area contributed by atoms with Crippen LogP contribution in [0.1, 0.15) is 50.5 Å². The summed E-state index contributed by atoms with van der Waals surface area (Å²) >= 11 is 0. The molecule has 2 aliphatic carbocycles. The average Bonchev–Trinajstić information content (AvgIpc) is 3.00. The Balaban J connectivity index is 1.63. The van der Waals surface area contributed by atoms with E-state index >= 15 is 0 Å². The van der Waals surface area contributed by atoms with Gasteiger partial charge >= 0.3 is 0 Å². The Morgan fingerprint density at radius 3 is 2.41 bits per heavy atom. The number of carbonyl (C=O) groups is 1. The van der Waals surface area contributed by atoms with E-state index in [4.69, 9.17) is 0 Å². The molecule has 3 rings (SSSR count). The Kier molecular flexibility index (Phi) is 4.48. The molecule has 22 heavy (non-hydrogen) atoms. The number of hydrogen-bond donors (Lipinski definition) is 2. The van der Waals surface area contributed by atoms with Crippen LogP contribution < -0.4 is 5.32 Å². The second-order valence-electron chi connectivity index (χ2n) is 6.76. The molecule has 0 heterocycles. The highest BCUT2D eigenvalue weighted by Gasteiger charge is 2.45. The first-order valence-corrected chi connectivity index (χ1v) is 8.34. The summed E-state index contributed by atoms with van der Waals surface area (Å²) in [6.07, 6.45) is 6.62. The Morgan fingerprint density at radius 1 is 1.23 bits per heavy atom. The number of amides is 1. The van der Waals surface area contributed by atoms with Crippen molar-refractivity contribution >= 4 is 5.91 Å². The van der Waals surface area contributed by atoms with Crippen LogP contribution in [-0.2, 0) is 10.2 Å². The van der Waals surface area contributed by atoms with Crippen LogP contribution in [0.25, 0.3) is 0 Å². The number of rotatable bonds is 5. The number of benzene rings is 1. The van der Waals surface area contributed by atoms with Gasteiger partial charge in [0.1, 0.15) is 5.82 Å². The zero-order chi connectivity index (χ0) is 15.6. The van der Waals surface area contributed by atoms with Gasteiger partial charge in [0.25, 0.3) is 0 Å². The van der Waals surface area contributed by atoms with E-state index in [0.717, 1.165) is 37.7 Å². The summed E-state index contributed by atoms with van der Waals surface area (Å²) in [5.41, 5.74) is 0.358. The molecule has 1 aromatic carbocycles. The van der Waals surface area contributed by atoms with Crippen LogP contribution in [0.5, 0.6) is 0 Å². The number of hydrogen-bond acceptors (Lipinski definition) is 2. The van der Waals surface area contributed by atoms with Gasteiger partial charge in [-0.05, 0) is 49.3 Å². The zero-order valence-electron chi connectivity index (χ0n) is 12.9. The van der Waals surface area contributed by atoms with Gasteiger partial charge in [-0.1, -0.05) is 31.4 Å². The highest BCUT2D eigenvalue weighted by molar-refractivity contribution is 5.89. The van der Waals surface area contributed by atoms with Gasteiger partial charge in [-0.25, -0.2) is 4.39 Å². The van der Waals surface area contributed by atoms with Gasteiger partial charge in [0, 0.05) is 6.54 Å². The van der Waals surface area contributed by atoms with Crippen LogP contribution >= 0.6 is 0 Å². The summed E-state index contributed by atoms with van der Waals surface area (Å²) in [5.74, 6) is 0.0150. The van der Waals surface area contributed by atoms with Gasteiger partial charge in [-0.2, -0.15) is 0 Å². The second kappa shape index (κ2) is 6.37. The number of carbonyl (C=O) groups excluding carboxylic acids is 1. The third kappa shape index (κ3) is 2.89. The molecule has 1 amide bonds. The second-order valence-corrected chi connectivity index (χ2v) is 6.76. The summed E-state index contributed by atoms with van der Waals surface area (Å²) in [7, 11) is 0. The molecule has 0 aromatic heterocycles. The Labute approximate surface area is 130 Å². The van der Waals surface area contributed by atoms with Crippen LogP contribution in [-0.4, -0.2) is 23.7 Å². The molecule has 120 valence electrons. The van der Waals surface area contributed by atoms with Crippen molar-refractivity contribution < 1.29 is 14.3 Å². The fraction of sp³-hybridized carbons (Fsp3) is 0.611. The molecule has 0 aliphatic heterocycles. The molecule has 2 fully saturated rings. The Hall–Kier alpha value is -1.42. The van der Waals surface area contributed by atoms with Gasteiger partial charge in [-0.15, -0.1) is 0 Å². The molecule has 0 radical (unpaired) electrons. The first-order chi connectivity index (χ1) is 10.6. The summed E-state index contributed by atoms with van der Waals surface area (Å²) < 4.78 is 13.1. The first-order valence-electron chi connectivity index (χ1n) is 8.34. The monoisotopic (exact) mass is 305 g/mol. The van der Waals surface area contributed by atoms with E-state index in [9.17, 15) is 14.3 Å². The van der Waals surface area contributed by atoms with Crippen molar-refractivity contribution in [2.24, 2.45) is 5.92 Å². The van der Waals surface area contributed by atoms with E-state index in [0.29, 0.717) is 12.5 Å². The fourth-order valence-corrected chi connectivity index (χ4v) is 3.82. The van der Waals surface area contributed by atoms with Crippen LogP contribution in [0.4, 0.5) is 4.39 Å². The van der Waals surface area contributed by atoms with E-state index < -0.39 is 11.5 Å². The molecule has 1 unspecified atom stereocenters. The number of aliphatic hydroxyl groups excluding tert-OH is 1. The molecule has 2 saturated carbocycles. The third-order valence-corrected chi connectivity index (χ3v) is 5.45. The van der Waals surface area contributed by atoms with Crippen molar-refractivity contribution in [3.8, 4) is 0 Å². The van der Waals surface area contributed by atoms with Crippen molar-refractivity contribution in [3.63, 3.8) is 0 Å². The molecule has 3 nitrogen and oxygen atoms in total. The lowest BCUT2D eigenvalue weighted by Gasteiger charge is -2.41. The zero-order valence-corrected chi connectivity index (χ0v) is 12.9. The lowest BCUT2D eigenvalue weighted by molar-refractivity contribution is -0.130. The van der Waals surface area contributed by atoms with Crippen LogP contribution in [0, 0.1) is 11.7 Å². The molecule has 0 saturated heterocycles. The summed E-state index contributed by atoms with van der Waals surface area (Å²) in [4.78, 5) is 12.6. The van der Waals surface area contributed by atoms with Crippen LogP contribution in [0.3, 0.4) is 0 Å². The quantitative estimate of drug-likeness (QED) is 0.879. The van der Waals surface area contributed by atoms with Crippen LogP contribution in [0.2, 0.25) is 0 Å². The lowest BCUT2D eigenvalue weighted by Crippen LogP contribution is -2.51. The predicted octanol–water partition coefficient (Wildman–Crippen LogP) is 2.91. The third-order valence-electron chi connectivity index (χ3n) is 5.45. The Morgan fingerprint density at radius 2 is 1.86 bits per heavy atom. The van der Waals surface area contributed by atoms with E-state index in [1.165, 1.54) is 25.0 Å². The van der Waals surface area contributed by atoms with E-state index in [1.807, 2.05) is 0 Å². The van der Waals surface area contributed by atoms with Crippen molar-refractivity contribution in [2.45, 2.75) is 56.5 Å². The average molecular weight is 305 g/mol. The summed E-state index contributed by atoms with van der Waals surface area (Å²) in [5, 5.41) is 13.1. The minimum absolute atomic E-state index is 0.0256. The number of nitrogens with one attached hydrogen (secondary N) is 1. The Bertz CT molecular complexity index is 518. The topological polar surface area (TPSA) is 49.3 Å². The standard InChI is InChI=1S/C18H24FNO2/c19-15-8-6-14(7-9-15)18(10-3-11-18)17(22)20-12-16(21)13-4-1-2-5-13/h6-9,13,16,21H,1-5,10-12H2,(H,20,22). The highest BCUT2D eigenvalue weighted by Crippen LogP contribution is 2.44. The van der Waals surface area contributed by atoms with Crippen molar-refractivity contribution in [2.75, 3.05) is 6.54 Å². The van der Waals surface area contributed by atoms with Gasteiger partial charge in [0.2, 0.25) is 5.91 Å². The van der Waals surface area contributed by atoms with E-state index in [-0.39, 0.29) is 11.7 Å². The van der Waals surface area contributed by atoms with Crippen molar-refractivity contribution in [1.82, 2.24) is 5.32 Å². The maximum atomic E-state index is 13.1. The van der Waals surface area contributed by atoms with Gasteiger partial charge in [-0.3, -0.25) is 4.79 Å². The normalized spacial score (nSPS) is 22.1. The van der Waals surface area contributed by atoms with Crippen molar-refractivity contribution in [1.29, 1.82) is 0 Å². The smallest absolute Gasteiger partial charge is 0.230 e. The fourth-order valence-electron chi connectivity index (χ4n) is 3.82. The molecule has 1 atom stereocenters. The first kappa shape index (κ1) is 15.5. The largest absolute Gasteiger partial charge is 0.391 e. The predicted molar refractivity (Wildman–Crippen MR) is 82.9 cm³/mol. The molecule has 2 N–H and O–H groups in total. The van der Waals surface area contributed by atoms with E-state index in [1.54, 1.807) is 12.1 Å². The minimum Gasteiger partial charge on any atom is -0.391 e. The molecular weight excluding hydrogens is 281 g/mol. The molecule has 1 aromatic rings. The highest BCUT2D eigenvalue weighted by atomic mass is 19.1. The summed E-state index contributed by atoms with van der Waals surface area (Å²) in [6.45, 7) is 0.326. The molecule has 0 spiro atoms. The lowest BCUT2D eigenvalue weighted by atomic mass is 9.64. The number of aliphatic hydroxyl groups is 1. The van der Waals surface area contributed by atoms with E-state index in [2.05, 4.69) is 5.32 Å². The van der Waals surface area contributed by atoms with Gasteiger partial charge in [0.15, 0.2) is 0 Å². The van der Waals surface area contributed by atoms with Crippen LogP contribution in [0.15, 0.2) is 24.3 Å². The molecule has 0 bridgehead atoms. The maximum Gasteiger partial charge on any atom is 0.230 e. The van der Waals surface area contributed by atoms with Gasteiger partial charge in [0.05, 0.1) is 11.5 Å². The van der Waals surface area contributed by atoms with Gasteiger partial charge < -0.3 is 10.4 Å².